The fourth-order valence-electron chi connectivity index (χ4n) is 6.65. The molecule has 2 amide bonds. The van der Waals surface area contributed by atoms with Crippen molar-refractivity contribution in [3.05, 3.63) is 106 Å². The zero-order valence-corrected chi connectivity index (χ0v) is 34.4. The number of benzene rings is 3. The SMILES string of the molecule is CNCC(=O)OCc1ccc(Cl)cc1N(C)C(=O)OC(C)n1cc[n+](CC2(c3ccc(Cl)cc3Cl)OCC(COc3ccc(N4CCN(C(C)=O)CC4)cc3)O2)c1. The van der Waals surface area contributed by atoms with Crippen LogP contribution in [0.4, 0.5) is 16.2 Å². The number of imidazole rings is 1. The fraction of sp³-hybridized carbons (Fsp3) is 0.400. The van der Waals surface area contributed by atoms with Gasteiger partial charge in [-0.3, -0.25) is 14.5 Å². The molecule has 2 saturated heterocycles. The van der Waals surface area contributed by atoms with Crippen molar-refractivity contribution in [2.45, 2.75) is 45.1 Å². The summed E-state index contributed by atoms with van der Waals surface area (Å²) in [5.74, 6) is -0.942. The van der Waals surface area contributed by atoms with E-state index in [0.717, 1.165) is 18.8 Å². The number of amides is 2. The minimum absolute atomic E-state index is 0.0514. The average molecular weight is 845 g/mol. The first kappa shape index (κ1) is 42.0. The molecule has 3 unspecified atom stereocenters. The number of carbonyl (C=O) groups is 3. The van der Waals surface area contributed by atoms with Gasteiger partial charge in [-0.15, -0.1) is 0 Å². The molecule has 3 atom stereocenters. The Balaban J connectivity index is 1.10. The molecule has 57 heavy (non-hydrogen) atoms. The molecule has 0 radical (unpaired) electrons. The van der Waals surface area contributed by atoms with Crippen molar-refractivity contribution in [3.8, 4) is 5.75 Å². The molecule has 0 bridgehead atoms. The van der Waals surface area contributed by atoms with Crippen LogP contribution in [0.5, 0.6) is 5.75 Å². The van der Waals surface area contributed by atoms with Crippen LogP contribution in [0, 0.1) is 0 Å². The first-order chi connectivity index (χ1) is 27.3. The van der Waals surface area contributed by atoms with Crippen LogP contribution < -0.4 is 24.4 Å². The zero-order chi connectivity index (χ0) is 40.7. The number of halogens is 3. The van der Waals surface area contributed by atoms with E-state index < -0.39 is 30.2 Å². The molecule has 0 aliphatic carbocycles. The Morgan fingerprint density at radius 2 is 1.74 bits per heavy atom. The van der Waals surface area contributed by atoms with Gasteiger partial charge in [0.1, 0.15) is 44.0 Å². The minimum Gasteiger partial charge on any atom is -0.491 e. The molecule has 1 N–H and O–H groups in total. The largest absolute Gasteiger partial charge is 0.491 e. The summed E-state index contributed by atoms with van der Waals surface area (Å²) in [6.45, 7) is 6.94. The number of likely N-dealkylation sites (N-methyl/N-ethyl adjacent to an activating group) is 1. The Bertz CT molecular complexity index is 2040. The lowest BCUT2D eigenvalue weighted by atomic mass is 10.1. The maximum atomic E-state index is 13.4. The Hall–Kier alpha value is -4.57. The van der Waals surface area contributed by atoms with Crippen molar-refractivity contribution in [3.63, 3.8) is 0 Å². The Morgan fingerprint density at radius 3 is 2.44 bits per heavy atom. The lowest BCUT2D eigenvalue weighted by Gasteiger charge is -2.35. The normalized spacial score (nSPS) is 18.6. The standard InChI is InChI=1S/C40H46Cl3N6O8/c1-27(50)47-15-17-48(18-16-47)32-8-10-33(11-9-32)53-23-34-24-55-40(57-34,35-12-7-30(41)19-36(35)43)25-46-13-14-49(26-46)28(2)56-39(52)45(4)37-20-31(42)6-5-29(37)22-54-38(51)21-44-3/h5-14,19-20,26,28,34,44H,15-18,21-25H2,1-4H3/q+1. The van der Waals surface area contributed by atoms with Crippen molar-refractivity contribution in [2.75, 3.05) is 69.8 Å². The summed E-state index contributed by atoms with van der Waals surface area (Å²) in [7, 11) is 3.20. The molecular weight excluding hydrogens is 799 g/mol. The predicted octanol–water partition coefficient (Wildman–Crippen LogP) is 5.81. The topological polar surface area (TPSA) is 128 Å². The van der Waals surface area contributed by atoms with Crippen molar-refractivity contribution in [1.82, 2.24) is 14.8 Å². The number of nitrogens with one attached hydrogen (secondary N) is 1. The van der Waals surface area contributed by atoms with E-state index in [2.05, 4.69) is 10.2 Å². The number of esters is 1. The van der Waals surface area contributed by atoms with Crippen LogP contribution in [0.15, 0.2) is 79.4 Å². The summed E-state index contributed by atoms with van der Waals surface area (Å²) in [6, 6.07) is 18.0. The van der Waals surface area contributed by atoms with Crippen LogP contribution in [-0.2, 0) is 47.5 Å². The number of aromatic nitrogens is 2. The molecular formula is C40H46Cl3N6O8+. The monoisotopic (exact) mass is 843 g/mol. The van der Waals surface area contributed by atoms with E-state index in [9.17, 15) is 14.4 Å². The zero-order valence-electron chi connectivity index (χ0n) is 32.2. The number of carbonyl (C=O) groups excluding carboxylic acids is 3. The number of hydrogen-bond donors (Lipinski definition) is 1. The second kappa shape index (κ2) is 18.8. The van der Waals surface area contributed by atoms with E-state index in [4.69, 9.17) is 58.5 Å². The Morgan fingerprint density at radius 1 is 1.02 bits per heavy atom. The lowest BCUT2D eigenvalue weighted by Crippen LogP contribution is -2.48. The van der Waals surface area contributed by atoms with E-state index in [1.54, 1.807) is 81.4 Å². The smallest absolute Gasteiger partial charge is 0.417 e. The van der Waals surface area contributed by atoms with Crippen LogP contribution in [0.3, 0.4) is 0 Å². The number of hydrogen-bond acceptors (Lipinski definition) is 10. The lowest BCUT2D eigenvalue weighted by molar-refractivity contribution is -0.720. The second-order valence-electron chi connectivity index (χ2n) is 13.8. The van der Waals surface area contributed by atoms with Gasteiger partial charge in [0, 0.05) is 73.9 Å². The molecule has 2 aliphatic heterocycles. The number of nitrogens with zero attached hydrogens (tertiary/aromatic N) is 5. The number of piperazine rings is 1. The second-order valence-corrected chi connectivity index (χ2v) is 15.0. The number of ether oxygens (including phenoxy) is 5. The highest BCUT2D eigenvalue weighted by Crippen LogP contribution is 2.40. The van der Waals surface area contributed by atoms with Crippen molar-refractivity contribution < 1.29 is 42.6 Å². The van der Waals surface area contributed by atoms with Crippen LogP contribution in [0.1, 0.15) is 31.2 Å². The summed E-state index contributed by atoms with van der Waals surface area (Å²) in [4.78, 5) is 42.5. The van der Waals surface area contributed by atoms with E-state index in [0.29, 0.717) is 50.7 Å². The highest BCUT2D eigenvalue weighted by Gasteiger charge is 2.47. The van der Waals surface area contributed by atoms with Crippen LogP contribution in [-0.4, -0.2) is 93.6 Å². The molecule has 3 aromatic carbocycles. The summed E-state index contributed by atoms with van der Waals surface area (Å²) < 4.78 is 33.9. The minimum atomic E-state index is -1.29. The molecule has 2 fully saturated rings. The van der Waals surface area contributed by atoms with E-state index in [-0.39, 0.29) is 38.8 Å². The molecule has 2 aliphatic rings. The first-order valence-electron chi connectivity index (χ1n) is 18.4. The third kappa shape index (κ3) is 10.5. The number of anilines is 2. The van der Waals surface area contributed by atoms with Gasteiger partial charge in [-0.1, -0.05) is 46.9 Å². The summed E-state index contributed by atoms with van der Waals surface area (Å²) in [5, 5.41) is 4.00. The van der Waals surface area contributed by atoms with E-state index >= 15 is 0 Å². The third-order valence-corrected chi connectivity index (χ3v) is 10.5. The fourth-order valence-corrected chi connectivity index (χ4v) is 7.36. The first-order valence-corrected chi connectivity index (χ1v) is 19.6. The van der Waals surface area contributed by atoms with Crippen LogP contribution >= 0.6 is 34.8 Å². The van der Waals surface area contributed by atoms with Crippen molar-refractivity contribution >= 4 is 64.1 Å². The van der Waals surface area contributed by atoms with Gasteiger partial charge in [0.05, 0.1) is 23.9 Å². The van der Waals surface area contributed by atoms with Gasteiger partial charge >= 0.3 is 12.1 Å². The maximum absolute atomic E-state index is 13.4. The molecule has 14 nitrogen and oxygen atoms in total. The Kier molecular flexibility index (Phi) is 13.9. The molecule has 1 aromatic heterocycles. The predicted molar refractivity (Wildman–Crippen MR) is 215 cm³/mol. The van der Waals surface area contributed by atoms with Gasteiger partial charge in [0.25, 0.3) is 0 Å². The van der Waals surface area contributed by atoms with Gasteiger partial charge in [0.15, 0.2) is 0 Å². The summed E-state index contributed by atoms with van der Waals surface area (Å²) in [5.41, 5.74) is 2.68. The molecule has 0 spiro atoms. The molecule has 4 aromatic rings. The van der Waals surface area contributed by atoms with E-state index in [1.165, 1.54) is 4.90 Å². The van der Waals surface area contributed by atoms with Gasteiger partial charge in [-0.2, -0.15) is 4.57 Å². The molecule has 304 valence electrons. The van der Waals surface area contributed by atoms with Crippen LogP contribution in [0.2, 0.25) is 15.1 Å². The molecule has 3 heterocycles. The van der Waals surface area contributed by atoms with Crippen molar-refractivity contribution in [2.24, 2.45) is 0 Å². The summed E-state index contributed by atoms with van der Waals surface area (Å²) in [6.07, 6.45) is 3.54. The average Bonchev–Trinajstić information content (AvgIpc) is 3.84. The van der Waals surface area contributed by atoms with Crippen LogP contribution in [0.25, 0.3) is 0 Å². The number of rotatable bonds is 14. The van der Waals surface area contributed by atoms with Crippen molar-refractivity contribution in [1.29, 1.82) is 0 Å². The van der Waals surface area contributed by atoms with Gasteiger partial charge in [-0.25, -0.2) is 9.36 Å². The molecule has 6 rings (SSSR count). The van der Waals surface area contributed by atoms with Gasteiger partial charge in [-0.05, 0) is 55.6 Å². The molecule has 0 saturated carbocycles. The molecule has 17 heteroatoms. The van der Waals surface area contributed by atoms with E-state index in [1.807, 2.05) is 39.9 Å². The highest BCUT2D eigenvalue weighted by atomic mass is 35.5. The highest BCUT2D eigenvalue weighted by molar-refractivity contribution is 6.35. The summed E-state index contributed by atoms with van der Waals surface area (Å²) >= 11 is 19.3. The quantitative estimate of drug-likeness (QED) is 0.123. The Labute approximate surface area is 346 Å². The third-order valence-electron chi connectivity index (χ3n) is 9.75. The van der Waals surface area contributed by atoms with Gasteiger partial charge < -0.3 is 38.8 Å². The van der Waals surface area contributed by atoms with Gasteiger partial charge in [0.2, 0.25) is 24.2 Å². The maximum Gasteiger partial charge on any atom is 0.417 e.